The molecule has 0 radical (unpaired) electrons. The van der Waals surface area contributed by atoms with Gasteiger partial charge >= 0.3 is 6.09 Å². The molecule has 2 N–H and O–H groups in total. The number of amides is 1. The van der Waals surface area contributed by atoms with Crippen LogP contribution in [0.3, 0.4) is 0 Å². The molecule has 0 aliphatic carbocycles. The van der Waals surface area contributed by atoms with E-state index in [-0.39, 0.29) is 53.8 Å². The number of alkyl carbamates (subject to hydrolysis) is 1. The van der Waals surface area contributed by atoms with Crippen molar-refractivity contribution in [2.45, 2.75) is 0 Å². The van der Waals surface area contributed by atoms with Crippen molar-refractivity contribution in [2.24, 2.45) is 0 Å². The first-order chi connectivity index (χ1) is 8.87. The van der Waals surface area contributed by atoms with Crippen LogP contribution in [0, 0.1) is 6.66 Å². The zero-order valence-corrected chi connectivity index (χ0v) is 16.4. The van der Waals surface area contributed by atoms with Crippen LogP contribution in [0.15, 0.2) is 12.5 Å². The van der Waals surface area contributed by atoms with Crippen LogP contribution in [-0.2, 0) is 40.1 Å². The average Bonchev–Trinajstić information content (AvgIpc) is 2.41. The van der Waals surface area contributed by atoms with E-state index in [0.717, 1.165) is 0 Å². The Morgan fingerprint density at radius 1 is 1.20 bits per heavy atom. The maximum atomic E-state index is 10.5. The van der Waals surface area contributed by atoms with Gasteiger partial charge in [-0.15, -0.1) is 0 Å². The van der Waals surface area contributed by atoms with Crippen molar-refractivity contribution >= 4 is 35.0 Å². The second kappa shape index (κ2) is 16.6. The molecule has 0 aliphatic heterocycles. The molecular formula is C10H19N2O5P2W-. The molecule has 7 nitrogen and oxygen atoms in total. The predicted octanol–water partition coefficient (Wildman–Crippen LogP) is 0.432. The molecule has 10 heteroatoms. The molecule has 1 amide bonds. The Balaban J connectivity index is -0.000000277. The third-order valence-electron chi connectivity index (χ3n) is 1.48. The van der Waals surface area contributed by atoms with Gasteiger partial charge in [0, 0.05) is 21.1 Å². The number of carbonyl (C=O) groups is 3. The SMILES string of the molecule is C=C(NCC(=O)P)OC.[CH2-]PC(=O)CNC(=O)OC.[W]. The van der Waals surface area contributed by atoms with Crippen molar-refractivity contribution in [2.75, 3.05) is 27.3 Å². The molecule has 20 heavy (non-hydrogen) atoms. The molecule has 116 valence electrons. The largest absolute Gasteiger partial charge is 0.483 e. The van der Waals surface area contributed by atoms with Gasteiger partial charge in [-0.1, -0.05) is 9.24 Å². The van der Waals surface area contributed by atoms with Crippen molar-refractivity contribution in [3.05, 3.63) is 19.1 Å². The molecule has 0 aromatic heterocycles. The van der Waals surface area contributed by atoms with E-state index in [9.17, 15) is 14.4 Å². The first kappa shape index (κ1) is 24.5. The van der Waals surface area contributed by atoms with Crippen LogP contribution in [0.2, 0.25) is 0 Å². The van der Waals surface area contributed by atoms with Crippen molar-refractivity contribution in [3.63, 3.8) is 0 Å². The Bertz CT molecular complexity index is 313. The fourth-order valence-electron chi connectivity index (χ4n) is 0.545. The van der Waals surface area contributed by atoms with Crippen molar-refractivity contribution in [1.29, 1.82) is 0 Å². The number of carbonyl (C=O) groups excluding carboxylic acids is 3. The minimum Gasteiger partial charge on any atom is -0.483 e. The van der Waals surface area contributed by atoms with Crippen LogP contribution >= 0.6 is 17.8 Å². The van der Waals surface area contributed by atoms with E-state index >= 15 is 0 Å². The maximum Gasteiger partial charge on any atom is 0.407 e. The van der Waals surface area contributed by atoms with E-state index in [4.69, 9.17) is 0 Å². The van der Waals surface area contributed by atoms with Gasteiger partial charge in [-0.05, 0) is 6.58 Å². The van der Waals surface area contributed by atoms with Gasteiger partial charge in [0.15, 0.2) is 11.4 Å². The van der Waals surface area contributed by atoms with E-state index in [1.807, 2.05) is 9.24 Å². The Hall–Kier alpha value is -0.502. The molecule has 0 saturated heterocycles. The average molecular weight is 493 g/mol. The van der Waals surface area contributed by atoms with Gasteiger partial charge in [0.1, 0.15) is 5.52 Å². The third-order valence-corrected chi connectivity index (χ3v) is 2.26. The minimum absolute atomic E-state index is 0. The summed E-state index contributed by atoms with van der Waals surface area (Å²) in [4.78, 5) is 31.1. The summed E-state index contributed by atoms with van der Waals surface area (Å²) in [6.07, 6.45) is -0.591. The molecule has 0 rings (SSSR count). The molecule has 0 fully saturated rings. The van der Waals surface area contributed by atoms with E-state index in [1.165, 1.54) is 14.2 Å². The summed E-state index contributed by atoms with van der Waals surface area (Å²) in [7, 11) is 4.75. The Morgan fingerprint density at radius 3 is 2.10 bits per heavy atom. The van der Waals surface area contributed by atoms with Gasteiger partial charge in [-0.25, -0.2) is 13.4 Å². The van der Waals surface area contributed by atoms with Crippen LogP contribution in [0.4, 0.5) is 4.79 Å². The minimum atomic E-state index is -0.591. The number of nitrogens with one attached hydrogen (secondary N) is 2. The monoisotopic (exact) mass is 493 g/mol. The summed E-state index contributed by atoms with van der Waals surface area (Å²) in [5, 5.41) is 4.88. The van der Waals surface area contributed by atoms with Gasteiger partial charge < -0.3 is 26.8 Å². The zero-order chi connectivity index (χ0) is 15.3. The fraction of sp³-hybridized carbons (Fsp3) is 0.400. The molecular weight excluding hydrogens is 474 g/mol. The second-order valence-electron chi connectivity index (χ2n) is 2.89. The number of methoxy groups -OCH3 is 2. The maximum absolute atomic E-state index is 10.5. The fourth-order valence-corrected chi connectivity index (χ4v) is 0.860. The van der Waals surface area contributed by atoms with Crippen molar-refractivity contribution < 1.29 is 44.9 Å². The number of rotatable bonds is 7. The topological polar surface area (TPSA) is 93.7 Å². The van der Waals surface area contributed by atoms with Gasteiger partial charge in [0.2, 0.25) is 0 Å². The number of ether oxygens (including phenoxy) is 2. The van der Waals surface area contributed by atoms with Crippen LogP contribution in [-0.4, -0.2) is 44.5 Å². The van der Waals surface area contributed by atoms with Gasteiger partial charge in [0.05, 0.1) is 27.3 Å². The summed E-state index contributed by atoms with van der Waals surface area (Å²) in [6, 6.07) is 0. The molecule has 2 atom stereocenters. The second-order valence-corrected chi connectivity index (χ2v) is 4.45. The molecule has 0 spiro atoms. The third kappa shape index (κ3) is 19.8. The quantitative estimate of drug-likeness (QED) is 0.304. The summed E-state index contributed by atoms with van der Waals surface area (Å²) in [6.45, 7) is 7.08. The normalized spacial score (nSPS) is 8.60. The Labute approximate surface area is 137 Å². The number of hydrogen-bond donors (Lipinski definition) is 2. The molecule has 0 heterocycles. The van der Waals surface area contributed by atoms with E-state index < -0.39 is 6.09 Å². The molecule has 0 aromatic rings. The van der Waals surface area contributed by atoms with Crippen LogP contribution in [0.25, 0.3) is 0 Å². The Morgan fingerprint density at radius 2 is 1.75 bits per heavy atom. The summed E-state index contributed by atoms with van der Waals surface area (Å²) in [5.74, 6) is 0.408. The smallest absolute Gasteiger partial charge is 0.407 e. The summed E-state index contributed by atoms with van der Waals surface area (Å²) < 4.78 is 8.86. The summed E-state index contributed by atoms with van der Waals surface area (Å²) in [5.41, 5.74) is -0.112. The molecule has 0 aliphatic rings. The Kier molecular flexibility index (Phi) is 20.3. The van der Waals surface area contributed by atoms with E-state index in [2.05, 4.69) is 33.4 Å². The van der Waals surface area contributed by atoms with Crippen LogP contribution in [0.1, 0.15) is 0 Å². The number of hydrogen-bond acceptors (Lipinski definition) is 6. The van der Waals surface area contributed by atoms with E-state index in [0.29, 0.717) is 5.88 Å². The van der Waals surface area contributed by atoms with Gasteiger partial charge in [-0.3, -0.25) is 9.59 Å². The first-order valence-corrected chi connectivity index (χ1v) is 6.78. The first-order valence-electron chi connectivity index (χ1n) is 5.00. The molecule has 0 aromatic carbocycles. The van der Waals surface area contributed by atoms with Gasteiger partial charge in [-0.2, -0.15) is 0 Å². The summed E-state index contributed by atoms with van der Waals surface area (Å²) >= 11 is 0. The standard InChI is InChI=1S/C5H9NO3P.C5H10NO2P.W/c1-9-5(8)6-3-4(7)10-2;1-4(8-2)6-3-5(7)9;/h10H,2-3H2,1H3,(H,6,8);6H,1,3,9H2,2H3;/q-1;;. The molecule has 0 saturated carbocycles. The van der Waals surface area contributed by atoms with Crippen LogP contribution in [0.5, 0.6) is 0 Å². The van der Waals surface area contributed by atoms with Crippen LogP contribution < -0.4 is 10.6 Å². The predicted molar refractivity (Wildman–Crippen MR) is 78.0 cm³/mol. The molecule has 0 bridgehead atoms. The van der Waals surface area contributed by atoms with Crippen molar-refractivity contribution in [1.82, 2.24) is 10.6 Å². The molecule has 2 unspecified atom stereocenters. The van der Waals surface area contributed by atoms with Crippen molar-refractivity contribution in [3.8, 4) is 0 Å². The van der Waals surface area contributed by atoms with Gasteiger partial charge in [0.25, 0.3) is 0 Å². The zero-order valence-electron chi connectivity index (χ0n) is 11.4. The van der Waals surface area contributed by atoms with E-state index in [1.54, 1.807) is 0 Å².